The highest BCUT2D eigenvalue weighted by Crippen LogP contribution is 2.18. The van der Waals surface area contributed by atoms with Crippen LogP contribution in [0.15, 0.2) is 0 Å². The third-order valence-corrected chi connectivity index (χ3v) is 5.27. The molecule has 1 fully saturated rings. The number of hydrogen-bond donors (Lipinski definition) is 1. The van der Waals surface area contributed by atoms with Crippen molar-refractivity contribution in [2.24, 2.45) is 11.8 Å². The molecule has 1 aliphatic rings. The van der Waals surface area contributed by atoms with Gasteiger partial charge in [-0.25, -0.2) is 12.7 Å². The average molecular weight is 290 g/mol. The minimum atomic E-state index is -3.06. The molecule has 1 amide bonds. The first kappa shape index (κ1) is 16.4. The fourth-order valence-corrected chi connectivity index (χ4v) is 3.37. The second-order valence-corrected chi connectivity index (χ2v) is 7.35. The molecule has 1 saturated heterocycles. The summed E-state index contributed by atoms with van der Waals surface area (Å²) < 4.78 is 24.3. The third-order valence-electron chi connectivity index (χ3n) is 3.96. The summed E-state index contributed by atoms with van der Waals surface area (Å²) in [5, 5.41) is 3.00. The van der Waals surface area contributed by atoms with Gasteiger partial charge in [0.15, 0.2) is 0 Å². The van der Waals surface area contributed by atoms with Crippen molar-refractivity contribution in [2.45, 2.75) is 39.5 Å². The van der Waals surface area contributed by atoms with E-state index in [2.05, 4.69) is 5.32 Å². The molecule has 0 bridgehead atoms. The number of sulfonamides is 1. The normalized spacial score (nSPS) is 18.7. The van der Waals surface area contributed by atoms with Crippen molar-refractivity contribution in [2.75, 3.05) is 25.9 Å². The monoisotopic (exact) mass is 290 g/mol. The Balaban J connectivity index is 2.32. The fourth-order valence-electron chi connectivity index (χ4n) is 2.49. The molecular weight excluding hydrogens is 264 g/mol. The minimum Gasteiger partial charge on any atom is -0.356 e. The summed E-state index contributed by atoms with van der Waals surface area (Å²) in [5.74, 6) is 0.642. The Morgan fingerprint density at radius 3 is 2.21 bits per heavy atom. The summed E-state index contributed by atoms with van der Waals surface area (Å²) in [5.41, 5.74) is 0. The molecule has 0 spiro atoms. The van der Waals surface area contributed by atoms with Crippen LogP contribution in [0.1, 0.15) is 39.5 Å². The van der Waals surface area contributed by atoms with Crippen molar-refractivity contribution in [3.8, 4) is 0 Å². The van der Waals surface area contributed by atoms with Gasteiger partial charge in [-0.05, 0) is 31.6 Å². The highest BCUT2D eigenvalue weighted by Gasteiger charge is 2.25. The molecule has 1 aliphatic heterocycles. The molecule has 0 unspecified atom stereocenters. The van der Waals surface area contributed by atoms with Crippen LogP contribution in [0.3, 0.4) is 0 Å². The molecule has 0 aromatic heterocycles. The Morgan fingerprint density at radius 2 is 1.79 bits per heavy atom. The van der Waals surface area contributed by atoms with Crippen LogP contribution < -0.4 is 5.32 Å². The molecule has 0 atom stereocenters. The quantitative estimate of drug-likeness (QED) is 0.799. The van der Waals surface area contributed by atoms with Gasteiger partial charge in [0.1, 0.15) is 0 Å². The lowest BCUT2D eigenvalue weighted by Crippen LogP contribution is -2.41. The lowest BCUT2D eigenvalue weighted by atomic mass is 9.97. The summed E-state index contributed by atoms with van der Waals surface area (Å²) in [6, 6.07) is 0. The predicted octanol–water partition coefficient (Wildman–Crippen LogP) is 1.21. The van der Waals surface area contributed by atoms with Gasteiger partial charge in [-0.2, -0.15) is 0 Å². The standard InChI is InChI=1S/C13H26N2O3S/c1-4-12(5-2)13(16)14-10-11-6-8-15(9-7-11)19(3,17)18/h11-12H,4-10H2,1-3H3,(H,14,16). The van der Waals surface area contributed by atoms with Gasteiger partial charge in [0.05, 0.1) is 6.26 Å². The van der Waals surface area contributed by atoms with E-state index in [9.17, 15) is 13.2 Å². The second kappa shape index (κ2) is 7.24. The van der Waals surface area contributed by atoms with Gasteiger partial charge in [-0.3, -0.25) is 4.79 Å². The summed E-state index contributed by atoms with van der Waals surface area (Å²) in [4.78, 5) is 11.9. The minimum absolute atomic E-state index is 0.108. The number of amides is 1. The number of hydrogen-bond acceptors (Lipinski definition) is 3. The van der Waals surface area contributed by atoms with Crippen molar-refractivity contribution in [1.82, 2.24) is 9.62 Å². The lowest BCUT2D eigenvalue weighted by molar-refractivity contribution is -0.125. The van der Waals surface area contributed by atoms with E-state index in [4.69, 9.17) is 0 Å². The number of nitrogens with one attached hydrogen (secondary N) is 1. The molecule has 112 valence electrons. The molecule has 0 aliphatic carbocycles. The Hall–Kier alpha value is -0.620. The van der Waals surface area contributed by atoms with Crippen molar-refractivity contribution < 1.29 is 13.2 Å². The molecule has 6 heteroatoms. The van der Waals surface area contributed by atoms with Gasteiger partial charge in [0.25, 0.3) is 0 Å². The van der Waals surface area contributed by atoms with Crippen molar-refractivity contribution in [3.63, 3.8) is 0 Å². The van der Waals surface area contributed by atoms with E-state index in [-0.39, 0.29) is 11.8 Å². The molecule has 0 saturated carbocycles. The van der Waals surface area contributed by atoms with Crippen molar-refractivity contribution in [3.05, 3.63) is 0 Å². The van der Waals surface area contributed by atoms with E-state index >= 15 is 0 Å². The molecule has 0 aromatic carbocycles. The van der Waals surface area contributed by atoms with Crippen LogP contribution in [0.25, 0.3) is 0 Å². The maximum Gasteiger partial charge on any atom is 0.223 e. The van der Waals surface area contributed by atoms with Gasteiger partial charge < -0.3 is 5.32 Å². The smallest absolute Gasteiger partial charge is 0.223 e. The van der Waals surface area contributed by atoms with Crippen molar-refractivity contribution >= 4 is 15.9 Å². The first-order chi connectivity index (χ1) is 8.88. The van der Waals surface area contributed by atoms with E-state index in [1.165, 1.54) is 10.6 Å². The summed E-state index contributed by atoms with van der Waals surface area (Å²) >= 11 is 0. The zero-order valence-corrected chi connectivity index (χ0v) is 13.0. The van der Waals surface area contributed by atoms with Crippen LogP contribution in [-0.4, -0.2) is 44.5 Å². The summed E-state index contributed by atoms with van der Waals surface area (Å²) in [6.45, 7) is 5.87. The van der Waals surface area contributed by atoms with Crippen LogP contribution in [0.5, 0.6) is 0 Å². The van der Waals surface area contributed by atoms with Gasteiger partial charge >= 0.3 is 0 Å². The van der Waals surface area contributed by atoms with Gasteiger partial charge in [-0.1, -0.05) is 13.8 Å². The summed E-state index contributed by atoms with van der Waals surface area (Å²) in [7, 11) is -3.06. The number of carbonyl (C=O) groups is 1. The van der Waals surface area contributed by atoms with E-state index in [1.807, 2.05) is 13.8 Å². The predicted molar refractivity (Wildman–Crippen MR) is 76.2 cm³/mol. The SMILES string of the molecule is CCC(CC)C(=O)NCC1CCN(S(C)(=O)=O)CC1. The van der Waals surface area contributed by atoms with Crippen LogP contribution in [-0.2, 0) is 14.8 Å². The average Bonchev–Trinajstić information content (AvgIpc) is 2.37. The molecule has 5 nitrogen and oxygen atoms in total. The van der Waals surface area contributed by atoms with Gasteiger partial charge in [0, 0.05) is 25.6 Å². The molecule has 0 aromatic rings. The van der Waals surface area contributed by atoms with E-state index < -0.39 is 10.0 Å². The maximum absolute atomic E-state index is 11.9. The van der Waals surface area contributed by atoms with E-state index in [1.54, 1.807) is 0 Å². The third kappa shape index (κ3) is 5.10. The Kier molecular flexibility index (Phi) is 6.26. The number of carbonyl (C=O) groups excluding carboxylic acids is 1. The Labute approximate surface area is 116 Å². The zero-order chi connectivity index (χ0) is 14.5. The first-order valence-electron chi connectivity index (χ1n) is 7.11. The molecule has 1 N–H and O–H groups in total. The second-order valence-electron chi connectivity index (χ2n) is 5.36. The molecule has 19 heavy (non-hydrogen) atoms. The molecule has 1 rings (SSSR count). The molecular formula is C13H26N2O3S. The highest BCUT2D eigenvalue weighted by molar-refractivity contribution is 7.88. The van der Waals surface area contributed by atoms with Crippen LogP contribution in [0.2, 0.25) is 0 Å². The van der Waals surface area contributed by atoms with Gasteiger partial charge in [-0.15, -0.1) is 0 Å². The Morgan fingerprint density at radius 1 is 1.26 bits per heavy atom. The first-order valence-corrected chi connectivity index (χ1v) is 8.96. The molecule has 1 heterocycles. The zero-order valence-electron chi connectivity index (χ0n) is 12.2. The van der Waals surface area contributed by atoms with Crippen molar-refractivity contribution in [1.29, 1.82) is 0 Å². The molecule has 0 radical (unpaired) electrons. The fraction of sp³-hybridized carbons (Fsp3) is 0.923. The van der Waals surface area contributed by atoms with E-state index in [0.29, 0.717) is 25.6 Å². The topological polar surface area (TPSA) is 66.5 Å². The van der Waals surface area contributed by atoms with Gasteiger partial charge in [0.2, 0.25) is 15.9 Å². The van der Waals surface area contributed by atoms with Crippen LogP contribution in [0, 0.1) is 11.8 Å². The van der Waals surface area contributed by atoms with E-state index in [0.717, 1.165) is 25.7 Å². The van der Waals surface area contributed by atoms with Crippen LogP contribution >= 0.6 is 0 Å². The maximum atomic E-state index is 11.9. The number of piperidine rings is 1. The number of nitrogens with zero attached hydrogens (tertiary/aromatic N) is 1. The lowest BCUT2D eigenvalue weighted by Gasteiger charge is -2.30. The largest absolute Gasteiger partial charge is 0.356 e. The highest BCUT2D eigenvalue weighted by atomic mass is 32.2. The Bertz CT molecular complexity index is 383. The summed E-state index contributed by atoms with van der Waals surface area (Å²) in [6.07, 6.45) is 4.65. The van der Waals surface area contributed by atoms with Crippen LogP contribution in [0.4, 0.5) is 0 Å². The number of rotatable bonds is 6.